The van der Waals surface area contributed by atoms with Crippen molar-refractivity contribution in [2.75, 3.05) is 5.32 Å². The lowest BCUT2D eigenvalue weighted by atomic mass is 10.3. The van der Waals surface area contributed by atoms with Gasteiger partial charge in [0.1, 0.15) is 10.8 Å². The van der Waals surface area contributed by atoms with Crippen LogP contribution in [0.3, 0.4) is 0 Å². The number of pyridine rings is 2. The number of carbonyl (C=O) groups is 1. The van der Waals surface area contributed by atoms with Gasteiger partial charge in [0.2, 0.25) is 0 Å². The highest BCUT2D eigenvalue weighted by molar-refractivity contribution is 7.89. The summed E-state index contributed by atoms with van der Waals surface area (Å²) in [5.41, 5.74) is 0.404. The summed E-state index contributed by atoms with van der Waals surface area (Å²) in [4.78, 5) is 19.7. The molecule has 0 atom stereocenters. The Labute approximate surface area is 155 Å². The first kappa shape index (κ1) is 19.5. The van der Waals surface area contributed by atoms with Crippen LogP contribution in [-0.4, -0.2) is 33.5 Å². The minimum atomic E-state index is -4.00. The molecule has 0 fully saturated rings. The van der Waals surface area contributed by atoms with Crippen LogP contribution in [-0.2, 0) is 10.0 Å². The molecule has 0 aliphatic heterocycles. The van der Waals surface area contributed by atoms with Crippen LogP contribution in [0.15, 0.2) is 60.0 Å². The second-order valence-electron chi connectivity index (χ2n) is 4.57. The number of hydrogen-bond acceptors (Lipinski definition) is 6. The van der Waals surface area contributed by atoms with Crippen molar-refractivity contribution in [3.05, 3.63) is 65.8 Å². The number of aromatic nitrogens is 4. The van der Waals surface area contributed by atoms with Crippen LogP contribution in [0.2, 0.25) is 5.15 Å². The summed E-state index contributed by atoms with van der Waals surface area (Å²) in [6.07, 6.45) is 3.86. The Kier molecular flexibility index (Phi) is 6.42. The van der Waals surface area contributed by atoms with Gasteiger partial charge in [-0.1, -0.05) is 37.6 Å². The van der Waals surface area contributed by atoms with E-state index in [4.69, 9.17) is 11.6 Å². The molecule has 136 valence electrons. The highest BCUT2D eigenvalue weighted by Gasteiger charge is 2.20. The SMILES string of the molecule is CC.O=C(Nc1cnn(S(=O)(=O)c2cccc(Cl)n2)c1)c1ccccn1. The van der Waals surface area contributed by atoms with Crippen LogP contribution in [0.25, 0.3) is 0 Å². The lowest BCUT2D eigenvalue weighted by Gasteiger charge is -2.03. The van der Waals surface area contributed by atoms with Crippen LogP contribution < -0.4 is 5.32 Å². The largest absolute Gasteiger partial charge is 0.318 e. The minimum absolute atomic E-state index is 0.0481. The van der Waals surface area contributed by atoms with Gasteiger partial charge in [0.05, 0.1) is 18.1 Å². The smallest absolute Gasteiger partial charge is 0.300 e. The van der Waals surface area contributed by atoms with E-state index in [1.165, 1.54) is 42.9 Å². The Morgan fingerprint density at radius 3 is 2.58 bits per heavy atom. The van der Waals surface area contributed by atoms with Gasteiger partial charge >= 0.3 is 10.0 Å². The first-order valence-electron chi connectivity index (χ1n) is 7.62. The van der Waals surface area contributed by atoms with Crippen molar-refractivity contribution in [2.45, 2.75) is 18.9 Å². The summed E-state index contributed by atoms with van der Waals surface area (Å²) >= 11 is 5.71. The third-order valence-corrected chi connectivity index (χ3v) is 4.57. The molecule has 0 radical (unpaired) electrons. The van der Waals surface area contributed by atoms with Crippen molar-refractivity contribution in [3.63, 3.8) is 0 Å². The standard InChI is InChI=1S/C14H10ClN5O3S.C2H6/c15-12-5-3-6-13(19-12)24(22,23)20-9-10(8-17-20)18-14(21)11-4-1-2-7-16-11;1-2/h1-9H,(H,18,21);1-2H3. The zero-order chi connectivity index (χ0) is 19.2. The summed E-state index contributed by atoms with van der Waals surface area (Å²) < 4.78 is 25.5. The maximum Gasteiger partial charge on any atom is 0.300 e. The average Bonchev–Trinajstić information content (AvgIpc) is 3.13. The van der Waals surface area contributed by atoms with E-state index in [9.17, 15) is 13.2 Å². The fraction of sp³-hybridized carbons (Fsp3) is 0.125. The van der Waals surface area contributed by atoms with Crippen molar-refractivity contribution in [3.8, 4) is 0 Å². The molecule has 0 aliphatic carbocycles. The van der Waals surface area contributed by atoms with E-state index in [0.29, 0.717) is 4.09 Å². The van der Waals surface area contributed by atoms with Gasteiger partial charge in [-0.3, -0.25) is 9.78 Å². The monoisotopic (exact) mass is 393 g/mol. The van der Waals surface area contributed by atoms with E-state index in [0.717, 1.165) is 0 Å². The van der Waals surface area contributed by atoms with Gasteiger partial charge in [0.15, 0.2) is 5.03 Å². The maximum atomic E-state index is 12.4. The molecule has 0 saturated carbocycles. The average molecular weight is 394 g/mol. The van der Waals surface area contributed by atoms with E-state index >= 15 is 0 Å². The lowest BCUT2D eigenvalue weighted by Crippen LogP contribution is -2.15. The topological polar surface area (TPSA) is 107 Å². The fourth-order valence-electron chi connectivity index (χ4n) is 1.82. The zero-order valence-corrected chi connectivity index (χ0v) is 15.6. The first-order valence-corrected chi connectivity index (χ1v) is 9.44. The van der Waals surface area contributed by atoms with Crippen molar-refractivity contribution in [2.24, 2.45) is 0 Å². The molecule has 0 aliphatic rings. The van der Waals surface area contributed by atoms with Gasteiger partial charge in [0, 0.05) is 6.20 Å². The summed E-state index contributed by atoms with van der Waals surface area (Å²) in [7, 11) is -4.00. The molecule has 10 heteroatoms. The van der Waals surface area contributed by atoms with Crippen molar-refractivity contribution in [1.82, 2.24) is 19.2 Å². The fourth-order valence-corrected chi connectivity index (χ4v) is 3.12. The number of carbonyl (C=O) groups excluding carboxylic acids is 1. The first-order chi connectivity index (χ1) is 12.5. The summed E-state index contributed by atoms with van der Waals surface area (Å²) in [6.45, 7) is 4.00. The highest BCUT2D eigenvalue weighted by atomic mass is 35.5. The number of rotatable bonds is 4. The van der Waals surface area contributed by atoms with E-state index in [1.807, 2.05) is 13.8 Å². The molecule has 3 aromatic rings. The normalized spacial score (nSPS) is 10.6. The van der Waals surface area contributed by atoms with Crippen molar-refractivity contribution in [1.29, 1.82) is 0 Å². The number of nitrogens with one attached hydrogen (secondary N) is 1. The molecule has 0 spiro atoms. The van der Waals surface area contributed by atoms with Crippen molar-refractivity contribution >= 4 is 33.2 Å². The Hall–Kier alpha value is -2.78. The van der Waals surface area contributed by atoms with E-state index in [1.54, 1.807) is 12.1 Å². The van der Waals surface area contributed by atoms with Gasteiger partial charge in [-0.15, -0.1) is 0 Å². The second kappa shape index (κ2) is 8.54. The molecular formula is C16H16ClN5O3S. The molecule has 3 aromatic heterocycles. The van der Waals surface area contributed by atoms with Crippen LogP contribution >= 0.6 is 11.6 Å². The van der Waals surface area contributed by atoms with E-state index < -0.39 is 15.9 Å². The summed E-state index contributed by atoms with van der Waals surface area (Å²) in [5, 5.41) is 6.07. The van der Waals surface area contributed by atoms with Crippen LogP contribution in [0.1, 0.15) is 24.3 Å². The van der Waals surface area contributed by atoms with Crippen LogP contribution in [0.5, 0.6) is 0 Å². The van der Waals surface area contributed by atoms with Crippen LogP contribution in [0.4, 0.5) is 5.69 Å². The van der Waals surface area contributed by atoms with Gasteiger partial charge in [-0.25, -0.2) is 4.98 Å². The maximum absolute atomic E-state index is 12.4. The number of nitrogens with zero attached hydrogens (tertiary/aromatic N) is 4. The van der Waals surface area contributed by atoms with Gasteiger partial charge in [-0.2, -0.15) is 17.6 Å². The lowest BCUT2D eigenvalue weighted by molar-refractivity contribution is 0.102. The van der Waals surface area contributed by atoms with Crippen LogP contribution in [0, 0.1) is 0 Å². The Balaban J connectivity index is 0.00000117. The van der Waals surface area contributed by atoms with Gasteiger partial charge in [0.25, 0.3) is 5.91 Å². The zero-order valence-electron chi connectivity index (χ0n) is 14.0. The van der Waals surface area contributed by atoms with E-state index in [-0.39, 0.29) is 21.6 Å². The third-order valence-electron chi connectivity index (χ3n) is 2.92. The van der Waals surface area contributed by atoms with E-state index in [2.05, 4.69) is 20.4 Å². The van der Waals surface area contributed by atoms with Gasteiger partial charge < -0.3 is 5.32 Å². The molecule has 0 bridgehead atoms. The molecule has 0 saturated heterocycles. The number of anilines is 1. The molecular weight excluding hydrogens is 378 g/mol. The predicted octanol–water partition coefficient (Wildman–Crippen LogP) is 2.84. The number of amides is 1. The molecule has 0 aromatic carbocycles. The quantitative estimate of drug-likeness (QED) is 0.683. The molecule has 1 amide bonds. The third kappa shape index (κ3) is 4.44. The number of halogens is 1. The number of hydrogen-bond donors (Lipinski definition) is 1. The molecule has 8 nitrogen and oxygen atoms in total. The molecule has 3 rings (SSSR count). The molecule has 3 heterocycles. The Morgan fingerprint density at radius 2 is 1.92 bits per heavy atom. The second-order valence-corrected chi connectivity index (χ2v) is 6.70. The Morgan fingerprint density at radius 1 is 1.15 bits per heavy atom. The highest BCUT2D eigenvalue weighted by Crippen LogP contribution is 2.16. The Bertz CT molecular complexity index is 990. The minimum Gasteiger partial charge on any atom is -0.318 e. The predicted molar refractivity (Wildman–Crippen MR) is 97.6 cm³/mol. The van der Waals surface area contributed by atoms with Crippen molar-refractivity contribution < 1.29 is 13.2 Å². The summed E-state index contributed by atoms with van der Waals surface area (Å²) in [5.74, 6) is -0.478. The molecule has 0 unspecified atom stereocenters. The summed E-state index contributed by atoms with van der Waals surface area (Å²) in [6, 6.07) is 9.11. The van der Waals surface area contributed by atoms with Gasteiger partial charge in [-0.05, 0) is 24.3 Å². The molecule has 26 heavy (non-hydrogen) atoms. The molecule has 1 N–H and O–H groups in total.